The number of hydrogen-bond donors (Lipinski definition) is 1. The van der Waals surface area contributed by atoms with Gasteiger partial charge in [0.2, 0.25) is 0 Å². The number of aromatic hydroxyl groups is 1. The Labute approximate surface area is 95.7 Å². The first-order valence-corrected chi connectivity index (χ1v) is 5.14. The van der Waals surface area contributed by atoms with Gasteiger partial charge >= 0.3 is 5.91 Å². The van der Waals surface area contributed by atoms with Crippen molar-refractivity contribution in [2.75, 3.05) is 11.4 Å². The van der Waals surface area contributed by atoms with Gasteiger partial charge in [-0.05, 0) is 38.3 Å². The van der Waals surface area contributed by atoms with Gasteiger partial charge in [0, 0.05) is 12.6 Å². The average molecular weight is 217 g/mol. The third kappa shape index (κ3) is 2.54. The Hall–Kier alpha value is -1.95. The molecular formula is C13H15NO2. The highest BCUT2D eigenvalue weighted by Gasteiger charge is 2.14. The minimum absolute atomic E-state index is 0.149. The Kier molecular flexibility index (Phi) is 3.96. The van der Waals surface area contributed by atoms with Crippen molar-refractivity contribution in [1.82, 2.24) is 0 Å². The van der Waals surface area contributed by atoms with Crippen molar-refractivity contribution in [2.24, 2.45) is 0 Å². The fourth-order valence-electron chi connectivity index (χ4n) is 1.49. The van der Waals surface area contributed by atoms with Gasteiger partial charge in [0.25, 0.3) is 0 Å². The minimum Gasteiger partial charge on any atom is -0.508 e. The summed E-state index contributed by atoms with van der Waals surface area (Å²) in [6.07, 6.45) is 0. The number of phenols is 1. The van der Waals surface area contributed by atoms with Crippen LogP contribution in [-0.4, -0.2) is 17.6 Å². The fraction of sp³-hybridized carbons (Fsp3) is 0.308. The molecule has 3 heteroatoms. The molecule has 0 unspecified atom stereocenters. The predicted molar refractivity (Wildman–Crippen MR) is 64.3 cm³/mol. The molecule has 1 N–H and O–H groups in total. The number of carbonyl (C=O) groups is 1. The van der Waals surface area contributed by atoms with Crippen LogP contribution in [0.4, 0.5) is 5.69 Å². The van der Waals surface area contributed by atoms with Crippen LogP contribution in [0.1, 0.15) is 19.4 Å². The molecule has 84 valence electrons. The van der Waals surface area contributed by atoms with Crippen LogP contribution >= 0.6 is 0 Å². The van der Waals surface area contributed by atoms with Gasteiger partial charge in [-0.2, -0.15) is 0 Å². The van der Waals surface area contributed by atoms with Crippen molar-refractivity contribution in [2.45, 2.75) is 20.8 Å². The van der Waals surface area contributed by atoms with E-state index in [0.717, 1.165) is 5.56 Å². The zero-order valence-electron chi connectivity index (χ0n) is 9.74. The van der Waals surface area contributed by atoms with Crippen molar-refractivity contribution in [3.8, 4) is 17.6 Å². The second-order valence-corrected chi connectivity index (χ2v) is 3.40. The summed E-state index contributed by atoms with van der Waals surface area (Å²) in [6, 6.07) is 4.96. The molecule has 1 rings (SSSR count). The van der Waals surface area contributed by atoms with Gasteiger partial charge in [0.05, 0.1) is 5.69 Å². The lowest BCUT2D eigenvalue weighted by Crippen LogP contribution is -2.29. The van der Waals surface area contributed by atoms with E-state index in [1.165, 1.54) is 0 Å². The molecule has 1 aromatic rings. The van der Waals surface area contributed by atoms with Crippen LogP contribution in [0.15, 0.2) is 18.2 Å². The first kappa shape index (κ1) is 12.1. The highest BCUT2D eigenvalue weighted by molar-refractivity contribution is 6.06. The zero-order valence-corrected chi connectivity index (χ0v) is 9.74. The molecule has 0 aliphatic carbocycles. The number of benzene rings is 1. The monoisotopic (exact) mass is 217 g/mol. The predicted octanol–water partition coefficient (Wildman–Crippen LogP) is 2.08. The standard InChI is InChI=1S/C13H15NO2/c1-4-6-13(16)14(5-2)12-9-11(15)8-7-10(12)3/h7-9,15H,5H2,1-3H3. The molecule has 0 aliphatic heterocycles. The number of anilines is 1. The molecule has 0 aromatic heterocycles. The van der Waals surface area contributed by atoms with Crippen LogP contribution < -0.4 is 4.90 Å². The van der Waals surface area contributed by atoms with Crippen molar-refractivity contribution < 1.29 is 9.90 Å². The van der Waals surface area contributed by atoms with E-state index in [-0.39, 0.29) is 11.7 Å². The molecule has 0 atom stereocenters. The smallest absolute Gasteiger partial charge is 0.302 e. The largest absolute Gasteiger partial charge is 0.508 e. The van der Waals surface area contributed by atoms with E-state index in [9.17, 15) is 9.90 Å². The van der Waals surface area contributed by atoms with Crippen LogP contribution in [0.2, 0.25) is 0 Å². The Balaban J connectivity index is 3.16. The van der Waals surface area contributed by atoms with Crippen LogP contribution in [0.25, 0.3) is 0 Å². The minimum atomic E-state index is -0.251. The Morgan fingerprint density at radius 3 is 2.75 bits per heavy atom. The normalized spacial score (nSPS) is 9.19. The molecule has 1 aromatic carbocycles. The van der Waals surface area contributed by atoms with Gasteiger partial charge in [0.1, 0.15) is 5.75 Å². The second kappa shape index (κ2) is 5.22. The lowest BCUT2D eigenvalue weighted by atomic mass is 10.1. The summed E-state index contributed by atoms with van der Waals surface area (Å²) in [5.41, 5.74) is 1.64. The van der Waals surface area contributed by atoms with Crippen molar-refractivity contribution in [3.05, 3.63) is 23.8 Å². The fourth-order valence-corrected chi connectivity index (χ4v) is 1.49. The van der Waals surface area contributed by atoms with Crippen molar-refractivity contribution >= 4 is 11.6 Å². The summed E-state index contributed by atoms with van der Waals surface area (Å²) in [6.45, 7) is 5.92. The Morgan fingerprint density at radius 2 is 2.19 bits per heavy atom. The third-order valence-electron chi connectivity index (χ3n) is 2.28. The molecule has 0 bridgehead atoms. The topological polar surface area (TPSA) is 40.5 Å². The molecule has 3 nitrogen and oxygen atoms in total. The summed E-state index contributed by atoms with van der Waals surface area (Å²) in [5, 5.41) is 9.42. The first-order chi connectivity index (χ1) is 7.60. The quantitative estimate of drug-likeness (QED) is 0.770. The summed E-state index contributed by atoms with van der Waals surface area (Å²) >= 11 is 0. The molecule has 0 saturated heterocycles. The highest BCUT2D eigenvalue weighted by atomic mass is 16.3. The molecule has 0 heterocycles. The van der Waals surface area contributed by atoms with E-state index in [1.807, 2.05) is 13.8 Å². The number of phenolic OH excluding ortho intramolecular Hbond substituents is 1. The number of amides is 1. The van der Waals surface area contributed by atoms with Crippen molar-refractivity contribution in [3.63, 3.8) is 0 Å². The zero-order chi connectivity index (χ0) is 12.1. The number of carbonyl (C=O) groups excluding carboxylic acids is 1. The average Bonchev–Trinajstić information content (AvgIpc) is 2.24. The van der Waals surface area contributed by atoms with E-state index >= 15 is 0 Å². The summed E-state index contributed by atoms with van der Waals surface area (Å²) in [7, 11) is 0. The second-order valence-electron chi connectivity index (χ2n) is 3.40. The molecule has 0 fully saturated rings. The van der Waals surface area contributed by atoms with Crippen LogP contribution in [0.3, 0.4) is 0 Å². The molecule has 0 saturated carbocycles. The third-order valence-corrected chi connectivity index (χ3v) is 2.28. The van der Waals surface area contributed by atoms with Gasteiger partial charge in [-0.15, -0.1) is 0 Å². The van der Waals surface area contributed by atoms with Crippen LogP contribution in [0, 0.1) is 18.8 Å². The van der Waals surface area contributed by atoms with E-state index in [4.69, 9.17) is 0 Å². The van der Waals surface area contributed by atoms with Gasteiger partial charge in [-0.1, -0.05) is 12.0 Å². The van der Waals surface area contributed by atoms with E-state index < -0.39 is 0 Å². The number of hydrogen-bond acceptors (Lipinski definition) is 2. The maximum Gasteiger partial charge on any atom is 0.302 e. The lowest BCUT2D eigenvalue weighted by molar-refractivity contribution is -0.113. The van der Waals surface area contributed by atoms with Crippen molar-refractivity contribution in [1.29, 1.82) is 0 Å². The number of aryl methyl sites for hydroxylation is 1. The van der Waals surface area contributed by atoms with Crippen LogP contribution in [-0.2, 0) is 4.79 Å². The van der Waals surface area contributed by atoms with Crippen LogP contribution in [0.5, 0.6) is 5.75 Å². The molecule has 0 aliphatic rings. The first-order valence-electron chi connectivity index (χ1n) is 5.14. The summed E-state index contributed by atoms with van der Waals surface area (Å²) in [4.78, 5) is 13.3. The molecular weight excluding hydrogens is 202 g/mol. The number of nitrogens with zero attached hydrogens (tertiary/aromatic N) is 1. The molecule has 0 radical (unpaired) electrons. The Bertz CT molecular complexity index is 455. The molecule has 16 heavy (non-hydrogen) atoms. The van der Waals surface area contributed by atoms with E-state index in [1.54, 1.807) is 30.0 Å². The van der Waals surface area contributed by atoms with Gasteiger partial charge < -0.3 is 10.0 Å². The lowest BCUT2D eigenvalue weighted by Gasteiger charge is -2.20. The van der Waals surface area contributed by atoms with E-state index in [2.05, 4.69) is 11.8 Å². The maximum atomic E-state index is 11.7. The molecule has 0 spiro atoms. The van der Waals surface area contributed by atoms with Gasteiger partial charge in [-0.25, -0.2) is 0 Å². The Morgan fingerprint density at radius 1 is 1.50 bits per heavy atom. The SMILES string of the molecule is CC#CC(=O)N(CC)c1cc(O)ccc1C. The highest BCUT2D eigenvalue weighted by Crippen LogP contribution is 2.24. The number of rotatable bonds is 2. The summed E-state index contributed by atoms with van der Waals surface area (Å²) < 4.78 is 0. The van der Waals surface area contributed by atoms with Gasteiger partial charge in [-0.3, -0.25) is 4.79 Å². The van der Waals surface area contributed by atoms with Gasteiger partial charge in [0.15, 0.2) is 0 Å². The molecule has 1 amide bonds. The van der Waals surface area contributed by atoms with E-state index in [0.29, 0.717) is 12.2 Å². The maximum absolute atomic E-state index is 11.7. The summed E-state index contributed by atoms with van der Waals surface area (Å²) in [5.74, 6) is 4.98.